The molecule has 5 saturated heterocycles. The molecule has 6 atom stereocenters. The Bertz CT molecular complexity index is 1030. The van der Waals surface area contributed by atoms with Crippen LogP contribution >= 0.6 is 0 Å². The third kappa shape index (κ3) is 2.40. The molecule has 25 heteroatoms. The van der Waals surface area contributed by atoms with Crippen LogP contribution in [-0.2, 0) is 4.79 Å². The Morgan fingerprint density at radius 1 is 0.667 bits per heavy atom. The molecule has 0 aromatic rings. The molecule has 0 aromatic heterocycles. The summed E-state index contributed by atoms with van der Waals surface area (Å²) in [6.45, 7) is -1.09. The van der Waals surface area contributed by atoms with E-state index >= 15 is 0 Å². The van der Waals surface area contributed by atoms with Crippen LogP contribution in [0, 0.1) is 50.6 Å². The Balaban J connectivity index is 2.08. The molecule has 0 aromatic carbocycles. The molecule has 1 amide bonds. The van der Waals surface area contributed by atoms with Crippen LogP contribution in [0.3, 0.4) is 0 Å². The molecule has 176 valence electrons. The molecular weight excluding hydrogens is 468 g/mol. The van der Waals surface area contributed by atoms with Crippen LogP contribution in [0.5, 0.6) is 0 Å². The van der Waals surface area contributed by atoms with Crippen LogP contribution in [0.1, 0.15) is 0 Å². The summed E-state index contributed by atoms with van der Waals surface area (Å²) in [5.41, 5.74) is 8.46. The van der Waals surface area contributed by atoms with Crippen molar-refractivity contribution in [2.75, 3.05) is 6.54 Å². The first-order valence-corrected chi connectivity index (χ1v) is 8.42. The summed E-state index contributed by atoms with van der Waals surface area (Å²) in [6.07, 6.45) is -13.8. The number of nitro groups is 5. The van der Waals surface area contributed by atoms with Gasteiger partial charge >= 0.3 is 0 Å². The summed E-state index contributed by atoms with van der Waals surface area (Å²) >= 11 is 0. The van der Waals surface area contributed by atoms with E-state index in [0.717, 1.165) is 0 Å². The number of azide groups is 1. The molecule has 5 rings (SSSR count). The fraction of sp³-hybridized carbons (Fsp3) is 0.875. The molecule has 5 aliphatic rings. The smallest absolute Gasteiger partial charge is 0.272 e. The second-order valence-corrected chi connectivity index (χ2v) is 6.76. The summed E-state index contributed by atoms with van der Waals surface area (Å²) in [7, 11) is 0. The SMILES string of the molecule is [N-]=[N+]=NCC(=O)N1C2C3N([N+](=O)[O-])C4C(N([N+](=O)[O-])C(C1N4[N+](=O)[O-])N2[N+](=O)[O-])N3[N+](=O)[O-]. The quantitative estimate of drug-likeness (QED) is 0.114. The van der Waals surface area contributed by atoms with Gasteiger partial charge in [0, 0.05) is 4.91 Å². The largest absolute Gasteiger partial charge is 0.283 e. The normalized spacial score (nSPS) is 30.9. The Morgan fingerprint density at radius 2 is 0.939 bits per heavy atom. The average molecular weight is 476 g/mol. The molecule has 6 bridgehead atoms. The van der Waals surface area contributed by atoms with Gasteiger partial charge in [-0.25, -0.2) is 50.6 Å². The Hall–Kier alpha value is -5.22. The highest BCUT2D eigenvalue weighted by Gasteiger charge is 2.87. The second-order valence-electron chi connectivity index (χ2n) is 6.76. The van der Waals surface area contributed by atoms with Crippen molar-refractivity contribution >= 4 is 5.91 Å². The minimum absolute atomic E-state index is 0.0495. The fourth-order valence-corrected chi connectivity index (χ4v) is 4.77. The molecule has 0 radical (unpaired) electrons. The van der Waals surface area contributed by atoms with E-state index in [4.69, 9.17) is 5.53 Å². The minimum Gasteiger partial charge on any atom is -0.283 e. The molecule has 5 aliphatic heterocycles. The number of nitrogens with zero attached hydrogens (tertiary/aromatic N) is 14. The lowest BCUT2D eigenvalue weighted by Crippen LogP contribution is -2.77. The molecule has 5 fully saturated rings. The second kappa shape index (κ2) is 6.64. The number of amides is 1. The summed E-state index contributed by atoms with van der Waals surface area (Å²) < 4.78 is 0. The van der Waals surface area contributed by atoms with E-state index in [2.05, 4.69) is 10.0 Å². The monoisotopic (exact) mass is 476 g/mol. The fourth-order valence-electron chi connectivity index (χ4n) is 4.77. The van der Waals surface area contributed by atoms with Crippen molar-refractivity contribution in [1.82, 2.24) is 29.9 Å². The lowest BCUT2D eigenvalue weighted by molar-refractivity contribution is -0.786. The minimum atomic E-state index is -2.38. The predicted molar refractivity (Wildman–Crippen MR) is 87.8 cm³/mol. The van der Waals surface area contributed by atoms with Crippen LogP contribution < -0.4 is 0 Å². The van der Waals surface area contributed by atoms with E-state index in [0.29, 0.717) is 0 Å². The molecule has 33 heavy (non-hydrogen) atoms. The van der Waals surface area contributed by atoms with Crippen LogP contribution in [-0.4, -0.2) is 105 Å². The molecule has 5 heterocycles. The Morgan fingerprint density at radius 3 is 1.21 bits per heavy atom. The topological polar surface area (TPSA) is 301 Å². The van der Waals surface area contributed by atoms with Gasteiger partial charge in [0.1, 0.15) is 6.54 Å². The first-order valence-electron chi connectivity index (χ1n) is 8.42. The van der Waals surface area contributed by atoms with Gasteiger partial charge in [-0.3, -0.25) is 9.69 Å². The Labute approximate surface area is 176 Å². The molecule has 6 unspecified atom stereocenters. The van der Waals surface area contributed by atoms with E-state index in [9.17, 15) is 55.4 Å². The number of piperazine rings is 1. The highest BCUT2D eigenvalue weighted by atomic mass is 16.7. The third-order valence-electron chi connectivity index (χ3n) is 5.58. The predicted octanol–water partition coefficient (Wildman–Crippen LogP) is -3.40. The first-order chi connectivity index (χ1) is 15.5. The maximum absolute atomic E-state index is 12.8. The van der Waals surface area contributed by atoms with Gasteiger partial charge in [-0.15, -0.1) is 0 Å². The first kappa shape index (κ1) is 21.0. The lowest BCUT2D eigenvalue weighted by atomic mass is 10.2. The molecule has 25 nitrogen and oxygen atoms in total. The van der Waals surface area contributed by atoms with Crippen molar-refractivity contribution in [3.63, 3.8) is 0 Å². The van der Waals surface area contributed by atoms with Crippen molar-refractivity contribution in [1.29, 1.82) is 0 Å². The molecule has 0 saturated carbocycles. The van der Waals surface area contributed by atoms with Gasteiger partial charge in [0.2, 0.25) is 18.2 Å². The standard InChI is InChI=1S/C8H8N14O11/c9-11-10-1-2(23)12-3-5-13(18(24)25)4(12)6-16(21(30)31)7(14(3)19(26)27)8(15(5)20(28)29)17(6)22(32)33/h3-8H,1H2. The summed E-state index contributed by atoms with van der Waals surface area (Å²) in [6, 6.07) is 0. The van der Waals surface area contributed by atoms with Crippen molar-refractivity contribution in [3.05, 3.63) is 61.0 Å². The van der Waals surface area contributed by atoms with Crippen molar-refractivity contribution in [3.8, 4) is 0 Å². The van der Waals surface area contributed by atoms with Gasteiger partial charge in [-0.05, 0) is 5.53 Å². The summed E-state index contributed by atoms with van der Waals surface area (Å²) in [5, 5.41) is 55.2. The number of carbonyl (C=O) groups is 1. The zero-order valence-corrected chi connectivity index (χ0v) is 15.4. The van der Waals surface area contributed by atoms with E-state index in [1.54, 1.807) is 0 Å². The number of rotatable bonds is 7. The van der Waals surface area contributed by atoms with Gasteiger partial charge < -0.3 is 0 Å². The third-order valence-corrected chi connectivity index (χ3v) is 5.58. The summed E-state index contributed by atoms with van der Waals surface area (Å²) in [5.74, 6) is -1.36. The van der Waals surface area contributed by atoms with E-state index < -0.39 is 74.6 Å². The lowest BCUT2D eigenvalue weighted by Gasteiger charge is -2.41. The van der Waals surface area contributed by atoms with Crippen LogP contribution in [0.4, 0.5) is 0 Å². The zero-order valence-electron chi connectivity index (χ0n) is 15.4. The van der Waals surface area contributed by atoms with Gasteiger partial charge in [0.25, 0.3) is 24.7 Å². The van der Waals surface area contributed by atoms with Crippen molar-refractivity contribution < 1.29 is 30.0 Å². The number of hydrazine groups is 5. The van der Waals surface area contributed by atoms with Gasteiger partial charge in [-0.1, -0.05) is 30.2 Å². The van der Waals surface area contributed by atoms with Gasteiger partial charge in [-0.2, -0.15) is 0 Å². The molecule has 0 spiro atoms. The van der Waals surface area contributed by atoms with Crippen LogP contribution in [0.15, 0.2) is 5.11 Å². The average Bonchev–Trinajstić information content (AvgIpc) is 3.14. The highest BCUT2D eigenvalue weighted by molar-refractivity contribution is 5.79. The zero-order chi connectivity index (χ0) is 24.5. The molecular formula is C8H8N14O11. The van der Waals surface area contributed by atoms with Crippen LogP contribution in [0.25, 0.3) is 10.4 Å². The molecule has 0 N–H and O–H groups in total. The number of carbonyl (C=O) groups excluding carboxylic acids is 1. The van der Waals surface area contributed by atoms with Crippen molar-refractivity contribution in [2.24, 2.45) is 5.11 Å². The van der Waals surface area contributed by atoms with Gasteiger partial charge in [0.05, 0.1) is 0 Å². The van der Waals surface area contributed by atoms with E-state index in [1.807, 2.05) is 0 Å². The van der Waals surface area contributed by atoms with Crippen molar-refractivity contribution in [2.45, 2.75) is 37.0 Å². The van der Waals surface area contributed by atoms with E-state index in [1.165, 1.54) is 0 Å². The maximum Gasteiger partial charge on any atom is 0.272 e. The Kier molecular flexibility index (Phi) is 4.23. The highest BCUT2D eigenvalue weighted by Crippen LogP contribution is 2.51. The van der Waals surface area contributed by atoms with Gasteiger partial charge in [0.15, 0.2) is 25.2 Å². The van der Waals surface area contributed by atoms with Crippen LogP contribution in [0.2, 0.25) is 0 Å². The maximum atomic E-state index is 12.8. The summed E-state index contributed by atoms with van der Waals surface area (Å²) in [4.78, 5) is 74.7. The number of hydrogen-bond acceptors (Lipinski definition) is 12. The number of hydrogen-bond donors (Lipinski definition) is 0. The molecule has 0 aliphatic carbocycles. The van der Waals surface area contributed by atoms with E-state index in [-0.39, 0.29) is 29.9 Å².